The van der Waals surface area contributed by atoms with Gasteiger partial charge in [-0.05, 0) is 34.2 Å². The first-order valence-electron chi connectivity index (χ1n) is 11.5. The molecule has 0 saturated carbocycles. The molecular formula is C24H23ClN6O4. The number of piperazine rings is 1. The molecule has 0 bridgehead atoms. The molecule has 0 aliphatic carbocycles. The highest BCUT2D eigenvalue weighted by atomic mass is 35.5. The number of cyclic esters (lactones) is 1. The first-order chi connectivity index (χ1) is 17.1. The number of halogens is 1. The summed E-state index contributed by atoms with van der Waals surface area (Å²) < 4.78 is 12.9. The lowest BCUT2D eigenvalue weighted by molar-refractivity contribution is -0.139. The highest BCUT2D eigenvalue weighted by molar-refractivity contribution is 6.32. The average Bonchev–Trinajstić information content (AvgIpc) is 3.55. The number of carbonyl (C=O) groups is 2. The second-order valence-electron chi connectivity index (χ2n) is 8.98. The van der Waals surface area contributed by atoms with Crippen molar-refractivity contribution in [2.75, 3.05) is 32.8 Å². The normalized spacial score (nSPS) is 22.0. The molecule has 0 radical (unpaired) electrons. The van der Waals surface area contributed by atoms with Crippen LogP contribution in [-0.4, -0.2) is 80.7 Å². The summed E-state index contributed by atoms with van der Waals surface area (Å²) in [6, 6.07) is 11.4. The Hall–Kier alpha value is -3.34. The molecule has 0 N–H and O–H groups in total. The quantitative estimate of drug-likeness (QED) is 0.506. The smallest absolute Gasteiger partial charge is 0.338 e. The third-order valence-electron chi connectivity index (χ3n) is 6.94. The van der Waals surface area contributed by atoms with Crippen LogP contribution >= 0.6 is 11.6 Å². The topological polar surface area (TPSA) is 103 Å². The summed E-state index contributed by atoms with van der Waals surface area (Å²) in [5.74, 6) is -0.226. The molecule has 2 aromatic carbocycles. The van der Waals surface area contributed by atoms with Crippen molar-refractivity contribution >= 4 is 23.5 Å². The van der Waals surface area contributed by atoms with Crippen molar-refractivity contribution in [3.63, 3.8) is 0 Å². The molecule has 2 atom stereocenters. The number of ether oxygens (including phenoxy) is 2. The van der Waals surface area contributed by atoms with E-state index < -0.39 is 0 Å². The van der Waals surface area contributed by atoms with Crippen LogP contribution in [-0.2, 0) is 27.3 Å². The van der Waals surface area contributed by atoms with E-state index >= 15 is 0 Å². The summed E-state index contributed by atoms with van der Waals surface area (Å²) in [6.07, 6.45) is 1.70. The number of tetrazole rings is 1. The molecule has 3 aliphatic rings. The van der Waals surface area contributed by atoms with Crippen LogP contribution in [0.25, 0.3) is 5.69 Å². The van der Waals surface area contributed by atoms with Gasteiger partial charge in [0.25, 0.3) is 0 Å². The molecule has 0 unspecified atom stereocenters. The number of morpholine rings is 1. The van der Waals surface area contributed by atoms with Crippen LogP contribution in [0.15, 0.2) is 42.7 Å². The van der Waals surface area contributed by atoms with Gasteiger partial charge in [-0.2, -0.15) is 0 Å². The van der Waals surface area contributed by atoms with Gasteiger partial charge in [-0.3, -0.25) is 9.69 Å². The first-order valence-corrected chi connectivity index (χ1v) is 11.9. The predicted octanol–water partition coefficient (Wildman–Crippen LogP) is 1.81. The Kier molecular flexibility index (Phi) is 5.71. The summed E-state index contributed by atoms with van der Waals surface area (Å²) in [7, 11) is 0. The average molecular weight is 495 g/mol. The van der Waals surface area contributed by atoms with Crippen LogP contribution in [0.3, 0.4) is 0 Å². The second-order valence-corrected chi connectivity index (χ2v) is 9.36. The lowest BCUT2D eigenvalue weighted by Gasteiger charge is -2.46. The molecule has 10 nitrogen and oxygen atoms in total. The molecule has 4 heterocycles. The fraction of sp³-hybridized carbons (Fsp3) is 0.375. The minimum atomic E-state index is -0.331. The Morgan fingerprint density at radius 2 is 1.97 bits per heavy atom. The second kappa shape index (κ2) is 9.03. The van der Waals surface area contributed by atoms with Crippen molar-refractivity contribution in [1.29, 1.82) is 0 Å². The van der Waals surface area contributed by atoms with Crippen molar-refractivity contribution in [2.24, 2.45) is 0 Å². The first kappa shape index (κ1) is 22.1. The lowest BCUT2D eigenvalue weighted by Crippen LogP contribution is -2.59. The number of carbonyl (C=O) groups excluding carboxylic acids is 2. The van der Waals surface area contributed by atoms with Gasteiger partial charge in [-0.25, -0.2) is 9.48 Å². The number of esters is 1. The number of benzene rings is 2. The molecule has 1 aromatic heterocycles. The SMILES string of the molecule is O=C1OCc2c1ccc([C@@H]1CN3CCN(C(=O)Cc4ccc(-n5cnnn5)cc4)C[C@H]3CO1)c2Cl. The van der Waals surface area contributed by atoms with E-state index in [1.807, 2.05) is 35.2 Å². The van der Waals surface area contributed by atoms with Gasteiger partial charge >= 0.3 is 5.97 Å². The predicted molar refractivity (Wildman–Crippen MR) is 124 cm³/mol. The molecule has 1 amide bonds. The van der Waals surface area contributed by atoms with Crippen molar-refractivity contribution in [2.45, 2.75) is 25.2 Å². The van der Waals surface area contributed by atoms with Gasteiger partial charge in [0.05, 0.1) is 41.4 Å². The van der Waals surface area contributed by atoms with E-state index in [1.54, 1.807) is 10.7 Å². The van der Waals surface area contributed by atoms with Gasteiger partial charge in [0.2, 0.25) is 5.91 Å². The largest absolute Gasteiger partial charge is 0.457 e. The Balaban J connectivity index is 1.07. The maximum absolute atomic E-state index is 13.0. The van der Waals surface area contributed by atoms with E-state index in [1.165, 1.54) is 6.33 Å². The molecule has 11 heteroatoms. The molecule has 2 fully saturated rings. The van der Waals surface area contributed by atoms with E-state index in [4.69, 9.17) is 21.1 Å². The summed E-state index contributed by atoms with van der Waals surface area (Å²) in [4.78, 5) is 29.1. The van der Waals surface area contributed by atoms with Crippen molar-refractivity contribution in [1.82, 2.24) is 30.0 Å². The number of hydrogen-bond donors (Lipinski definition) is 0. The molecule has 0 spiro atoms. The van der Waals surface area contributed by atoms with Gasteiger partial charge in [0.15, 0.2) is 0 Å². The van der Waals surface area contributed by atoms with Gasteiger partial charge in [-0.1, -0.05) is 29.8 Å². The Morgan fingerprint density at radius 3 is 2.77 bits per heavy atom. The van der Waals surface area contributed by atoms with Crippen molar-refractivity contribution in [3.8, 4) is 5.69 Å². The fourth-order valence-electron chi connectivity index (χ4n) is 4.97. The number of amides is 1. The zero-order valence-electron chi connectivity index (χ0n) is 18.8. The molecule has 6 rings (SSSR count). The van der Waals surface area contributed by atoms with Crippen LogP contribution in [0.5, 0.6) is 0 Å². The summed E-state index contributed by atoms with van der Waals surface area (Å²) in [6.45, 7) is 3.49. The molecule has 35 heavy (non-hydrogen) atoms. The molecular weight excluding hydrogens is 472 g/mol. The standard InChI is InChI=1S/C24H23ClN6O4/c25-23-19(6-5-18-20(23)13-35-24(18)33)21-11-29-7-8-30(10-17(29)12-34-21)22(32)9-15-1-3-16(4-2-15)31-14-26-27-28-31/h1-6,14,17,21H,7-13H2/t17-,21-/m0/s1. The Bertz CT molecular complexity index is 1270. The zero-order valence-corrected chi connectivity index (χ0v) is 19.6. The number of nitrogens with zero attached hydrogens (tertiary/aromatic N) is 6. The van der Waals surface area contributed by atoms with Gasteiger partial charge in [0, 0.05) is 37.3 Å². The number of hydrogen-bond acceptors (Lipinski definition) is 8. The highest BCUT2D eigenvalue weighted by Gasteiger charge is 2.37. The van der Waals surface area contributed by atoms with Gasteiger partial charge in [-0.15, -0.1) is 5.10 Å². The monoisotopic (exact) mass is 494 g/mol. The van der Waals surface area contributed by atoms with Crippen LogP contribution < -0.4 is 0 Å². The molecule has 2 saturated heterocycles. The zero-order chi connectivity index (χ0) is 23.9. The lowest BCUT2D eigenvalue weighted by atomic mass is 9.99. The van der Waals surface area contributed by atoms with Crippen LogP contribution in [0.2, 0.25) is 5.02 Å². The van der Waals surface area contributed by atoms with E-state index in [0.717, 1.165) is 28.9 Å². The van der Waals surface area contributed by atoms with E-state index in [2.05, 4.69) is 20.4 Å². The fourth-order valence-corrected chi connectivity index (χ4v) is 5.31. The Morgan fingerprint density at radius 1 is 1.11 bits per heavy atom. The minimum Gasteiger partial charge on any atom is -0.457 e. The molecule has 3 aliphatic heterocycles. The minimum absolute atomic E-state index is 0.105. The van der Waals surface area contributed by atoms with E-state index in [0.29, 0.717) is 43.2 Å². The van der Waals surface area contributed by atoms with Crippen LogP contribution in [0, 0.1) is 0 Å². The maximum Gasteiger partial charge on any atom is 0.338 e. The number of aromatic nitrogens is 4. The Labute approximate surface area is 206 Å². The van der Waals surface area contributed by atoms with Crippen LogP contribution in [0.4, 0.5) is 0 Å². The van der Waals surface area contributed by atoms with Crippen molar-refractivity contribution < 1.29 is 19.1 Å². The van der Waals surface area contributed by atoms with E-state index in [-0.39, 0.29) is 30.6 Å². The van der Waals surface area contributed by atoms with Crippen LogP contribution in [0.1, 0.15) is 33.2 Å². The maximum atomic E-state index is 13.0. The van der Waals surface area contributed by atoms with E-state index in [9.17, 15) is 9.59 Å². The number of rotatable bonds is 4. The number of fused-ring (bicyclic) bond motifs is 2. The molecule has 180 valence electrons. The summed E-state index contributed by atoms with van der Waals surface area (Å²) >= 11 is 6.61. The molecule has 3 aromatic rings. The third-order valence-corrected chi connectivity index (χ3v) is 7.39. The third kappa shape index (κ3) is 4.18. The highest BCUT2D eigenvalue weighted by Crippen LogP contribution is 2.37. The van der Waals surface area contributed by atoms with Gasteiger partial charge < -0.3 is 14.4 Å². The van der Waals surface area contributed by atoms with Gasteiger partial charge in [0.1, 0.15) is 12.9 Å². The summed E-state index contributed by atoms with van der Waals surface area (Å²) in [5, 5.41) is 11.7. The van der Waals surface area contributed by atoms with Crippen molar-refractivity contribution in [3.05, 3.63) is 70.0 Å². The summed E-state index contributed by atoms with van der Waals surface area (Å²) in [5.41, 5.74) is 3.94.